The zero-order chi connectivity index (χ0) is 23.4. The van der Waals surface area contributed by atoms with E-state index in [2.05, 4.69) is 39.6 Å². The smallest absolute Gasteiger partial charge is 0.209 e. The number of allylic oxidation sites excluding steroid dienone is 2. The Bertz CT molecular complexity index is 871. The number of hydrogen-bond donors (Lipinski definition) is 1. The Morgan fingerprint density at radius 3 is 2.42 bits per heavy atom. The van der Waals surface area contributed by atoms with Crippen LogP contribution in [0.15, 0.2) is 17.2 Å². The molecule has 0 aromatic carbocycles. The van der Waals surface area contributed by atoms with Gasteiger partial charge in [-0.1, -0.05) is 18.9 Å². The van der Waals surface area contributed by atoms with Gasteiger partial charge in [-0.3, -0.25) is 9.52 Å². The Morgan fingerprint density at radius 1 is 1.15 bits per heavy atom. The molecule has 182 valence electrons. The van der Waals surface area contributed by atoms with E-state index >= 15 is 0 Å². The molecule has 1 aromatic rings. The highest BCUT2D eigenvalue weighted by Crippen LogP contribution is 2.40. The average molecular weight is 473 g/mol. The molecule has 0 bridgehead atoms. The van der Waals surface area contributed by atoms with Gasteiger partial charge in [-0.25, -0.2) is 4.98 Å². The first-order valence-corrected chi connectivity index (χ1v) is 13.2. The quantitative estimate of drug-likeness (QED) is 0.502. The van der Waals surface area contributed by atoms with E-state index in [-0.39, 0.29) is 0 Å². The van der Waals surface area contributed by atoms with Crippen LogP contribution in [0.4, 0.5) is 0 Å². The van der Waals surface area contributed by atoms with Crippen molar-refractivity contribution in [3.63, 3.8) is 0 Å². The van der Waals surface area contributed by atoms with Crippen molar-refractivity contribution in [3.05, 3.63) is 28.7 Å². The summed E-state index contributed by atoms with van der Waals surface area (Å²) in [5.74, 6) is 1.69. The molecule has 0 unspecified atom stereocenters. The van der Waals surface area contributed by atoms with Crippen LogP contribution in [0.3, 0.4) is 0 Å². The first-order valence-electron chi connectivity index (χ1n) is 12.4. The van der Waals surface area contributed by atoms with E-state index in [1.54, 1.807) is 11.9 Å². The van der Waals surface area contributed by atoms with Gasteiger partial charge in [0.1, 0.15) is 0 Å². The van der Waals surface area contributed by atoms with Crippen LogP contribution in [-0.4, -0.2) is 83.5 Å². The minimum atomic E-state index is 0.307. The van der Waals surface area contributed by atoms with Gasteiger partial charge in [0.2, 0.25) is 6.41 Å². The summed E-state index contributed by atoms with van der Waals surface area (Å²) in [4.78, 5) is 23.6. The number of hydrogen-bond acceptors (Lipinski definition) is 6. The van der Waals surface area contributed by atoms with Crippen LogP contribution in [-0.2, 0) is 4.79 Å². The lowest BCUT2D eigenvalue weighted by Crippen LogP contribution is -2.44. The first kappa shape index (κ1) is 24.4. The monoisotopic (exact) mass is 472 g/mol. The molecule has 33 heavy (non-hydrogen) atoms. The molecule has 7 nitrogen and oxygen atoms in total. The predicted molar refractivity (Wildman–Crippen MR) is 137 cm³/mol. The molecule has 0 atom stereocenters. The van der Waals surface area contributed by atoms with E-state index in [4.69, 9.17) is 4.98 Å². The fourth-order valence-electron chi connectivity index (χ4n) is 4.59. The van der Waals surface area contributed by atoms with Crippen molar-refractivity contribution in [2.45, 2.75) is 63.3 Å². The summed E-state index contributed by atoms with van der Waals surface area (Å²) in [6.07, 6.45) is 16.4. The van der Waals surface area contributed by atoms with Crippen molar-refractivity contribution in [2.24, 2.45) is 0 Å². The van der Waals surface area contributed by atoms with Crippen LogP contribution >= 0.6 is 11.9 Å². The van der Waals surface area contributed by atoms with E-state index in [0.29, 0.717) is 11.5 Å². The summed E-state index contributed by atoms with van der Waals surface area (Å²) in [5, 5.41) is 0. The Hall–Kier alpha value is -1.77. The second kappa shape index (κ2) is 10.7. The molecule has 1 amide bonds. The van der Waals surface area contributed by atoms with E-state index < -0.39 is 0 Å². The number of rotatable bonds is 6. The number of amides is 1. The molecule has 8 heteroatoms. The Labute approximate surface area is 203 Å². The number of fused-ring (bicyclic) bond motifs is 1. The van der Waals surface area contributed by atoms with E-state index in [0.717, 1.165) is 44.8 Å². The van der Waals surface area contributed by atoms with Crippen LogP contribution in [0.1, 0.15) is 69.3 Å². The molecule has 1 N–H and O–H groups in total. The lowest BCUT2D eigenvalue weighted by Gasteiger charge is -2.35. The van der Waals surface area contributed by atoms with Crippen molar-refractivity contribution < 1.29 is 4.79 Å². The van der Waals surface area contributed by atoms with Gasteiger partial charge in [-0.2, -0.15) is 0 Å². The molecule has 0 radical (unpaired) electrons. The summed E-state index contributed by atoms with van der Waals surface area (Å²) >= 11 is 1.80. The lowest BCUT2D eigenvalue weighted by atomic mass is 10.1. The number of aromatic nitrogens is 2. The Balaban J connectivity index is 0.000000601. The molecule has 3 heterocycles. The van der Waals surface area contributed by atoms with Gasteiger partial charge in [-0.15, -0.1) is 0 Å². The van der Waals surface area contributed by atoms with Crippen LogP contribution in [0.2, 0.25) is 0 Å². The van der Waals surface area contributed by atoms with E-state index in [9.17, 15) is 4.79 Å². The van der Waals surface area contributed by atoms with E-state index in [1.165, 1.54) is 54.8 Å². The normalized spacial score (nSPS) is 22.2. The number of nitrogens with one attached hydrogen (secondary N) is 1. The van der Waals surface area contributed by atoms with Gasteiger partial charge in [0, 0.05) is 67.1 Å². The molecular weight excluding hydrogens is 432 g/mol. The van der Waals surface area contributed by atoms with Gasteiger partial charge in [0.25, 0.3) is 0 Å². The maximum absolute atomic E-state index is 11.1. The van der Waals surface area contributed by atoms with Gasteiger partial charge in [0.05, 0.1) is 5.70 Å². The molecule has 3 fully saturated rings. The predicted octanol–water partition coefficient (Wildman–Crippen LogP) is 3.83. The third-order valence-corrected chi connectivity index (χ3v) is 7.96. The molecule has 4 aliphatic rings. The van der Waals surface area contributed by atoms with Crippen LogP contribution < -0.4 is 4.72 Å². The third kappa shape index (κ3) is 6.22. The summed E-state index contributed by atoms with van der Waals surface area (Å²) in [5.41, 5.74) is 2.90. The number of carbonyl (C=O) groups excluding carboxylic acids is 1. The van der Waals surface area contributed by atoms with Gasteiger partial charge in [0.15, 0.2) is 5.82 Å². The average Bonchev–Trinajstić information content (AvgIpc) is 3.17. The number of carbonyl (C=O) groups is 1. The van der Waals surface area contributed by atoms with Gasteiger partial charge in [-0.05, 0) is 65.7 Å². The lowest BCUT2D eigenvalue weighted by molar-refractivity contribution is -0.119. The summed E-state index contributed by atoms with van der Waals surface area (Å²) in [7, 11) is 6.00. The Morgan fingerprint density at radius 2 is 1.82 bits per heavy atom. The molecular formula is C25H40N6OS. The topological polar surface area (TPSA) is 56.6 Å². The second-order valence-electron chi connectivity index (χ2n) is 10.5. The highest BCUT2D eigenvalue weighted by atomic mass is 32.2. The van der Waals surface area contributed by atoms with Crippen molar-refractivity contribution in [1.29, 1.82) is 0 Å². The molecule has 0 spiro atoms. The van der Waals surface area contributed by atoms with E-state index in [1.807, 2.05) is 30.9 Å². The van der Waals surface area contributed by atoms with Gasteiger partial charge < -0.3 is 19.3 Å². The highest BCUT2D eigenvalue weighted by molar-refractivity contribution is 8.01. The zero-order valence-corrected chi connectivity index (χ0v) is 21.5. The van der Waals surface area contributed by atoms with Crippen molar-refractivity contribution >= 4 is 30.3 Å². The molecule has 1 saturated heterocycles. The number of piperazine rings is 1. The van der Waals surface area contributed by atoms with Gasteiger partial charge >= 0.3 is 0 Å². The Kier molecular flexibility index (Phi) is 7.87. The largest absolute Gasteiger partial charge is 0.365 e. The van der Waals surface area contributed by atoms with Crippen molar-refractivity contribution in [1.82, 2.24) is 29.0 Å². The number of imidazole rings is 1. The summed E-state index contributed by atoms with van der Waals surface area (Å²) in [6.45, 7) is 5.61. The second-order valence-corrected chi connectivity index (χ2v) is 11.4. The molecule has 2 aliphatic heterocycles. The van der Waals surface area contributed by atoms with Crippen LogP contribution in [0.5, 0.6) is 0 Å². The van der Waals surface area contributed by atoms with Crippen LogP contribution in [0, 0.1) is 0 Å². The van der Waals surface area contributed by atoms with Crippen molar-refractivity contribution in [2.75, 3.05) is 47.3 Å². The minimum Gasteiger partial charge on any atom is -0.365 e. The maximum atomic E-state index is 11.1. The SMILES string of the molecule is CC1(NSC2=Cn3c(C4CCCC4)cnc3C(N3CCN(C=O)CC3)=CC2)CC1.CN(C)C. The first-order chi connectivity index (χ1) is 15.9. The number of nitrogens with zero attached hydrogens (tertiary/aromatic N) is 5. The highest BCUT2D eigenvalue weighted by Gasteiger charge is 2.37. The summed E-state index contributed by atoms with van der Waals surface area (Å²) < 4.78 is 6.05. The minimum absolute atomic E-state index is 0.307. The van der Waals surface area contributed by atoms with Crippen molar-refractivity contribution in [3.8, 4) is 0 Å². The fraction of sp³-hybridized carbons (Fsp3) is 0.680. The molecule has 5 rings (SSSR count). The zero-order valence-electron chi connectivity index (χ0n) is 20.7. The molecule has 2 saturated carbocycles. The third-order valence-electron chi connectivity index (χ3n) is 6.83. The molecule has 1 aromatic heterocycles. The fourth-order valence-corrected chi connectivity index (χ4v) is 5.50. The van der Waals surface area contributed by atoms with Crippen LogP contribution in [0.25, 0.3) is 11.9 Å². The standard InChI is InChI=1S/C22H31N5OS.C3H9N/c1-22(8-9-22)24-29-18-6-7-19(26-12-10-25(16-28)11-13-26)21-23-14-20(27(21)15-18)17-4-2-3-5-17;1-4(2)3/h7,14-17,24H,2-6,8-13H2,1H3;1-3H3. The maximum Gasteiger partial charge on any atom is 0.209 e. The summed E-state index contributed by atoms with van der Waals surface area (Å²) in [6, 6.07) is 0. The molecule has 2 aliphatic carbocycles.